The maximum absolute atomic E-state index is 11.2. The van der Waals surface area contributed by atoms with Crippen LogP contribution in [0.15, 0.2) is 36.4 Å². The minimum Gasteiger partial charge on any atom is -0.494 e. The van der Waals surface area contributed by atoms with E-state index in [1.807, 2.05) is 36.4 Å². The summed E-state index contributed by atoms with van der Waals surface area (Å²) in [6.45, 7) is 3.19. The van der Waals surface area contributed by atoms with Crippen LogP contribution in [0.2, 0.25) is 0 Å². The molecular weight excluding hydrogens is 308 g/mol. The number of fused-ring (bicyclic) bond motifs is 1. The van der Waals surface area contributed by atoms with E-state index in [9.17, 15) is 4.79 Å². The third kappa shape index (κ3) is 3.53. The van der Waals surface area contributed by atoms with Crippen molar-refractivity contribution in [3.8, 4) is 17.2 Å². The number of amides is 1. The zero-order valence-electron chi connectivity index (χ0n) is 13.7. The molecule has 1 heterocycles. The zero-order chi connectivity index (χ0) is 16.9. The Hall–Kier alpha value is -2.89. The predicted octanol–water partition coefficient (Wildman–Crippen LogP) is 3.04. The first-order chi connectivity index (χ1) is 11.7. The molecule has 0 aromatic heterocycles. The van der Waals surface area contributed by atoms with E-state index >= 15 is 0 Å². The lowest BCUT2D eigenvalue weighted by molar-refractivity contribution is -0.114. The Bertz CT molecular complexity index is 746. The molecule has 2 aromatic rings. The van der Waals surface area contributed by atoms with Crippen molar-refractivity contribution in [2.45, 2.75) is 13.5 Å². The van der Waals surface area contributed by atoms with Crippen LogP contribution in [0.5, 0.6) is 17.2 Å². The second-order valence-electron chi connectivity index (χ2n) is 5.39. The molecule has 6 nitrogen and oxygen atoms in total. The highest BCUT2D eigenvalue weighted by Crippen LogP contribution is 2.34. The number of para-hydroxylation sites is 1. The van der Waals surface area contributed by atoms with Crippen LogP contribution in [0.1, 0.15) is 12.5 Å². The van der Waals surface area contributed by atoms with Gasteiger partial charge < -0.3 is 24.8 Å². The number of hydrogen-bond donors (Lipinski definition) is 2. The van der Waals surface area contributed by atoms with Gasteiger partial charge in [0.2, 0.25) is 5.91 Å². The SMILES string of the molecule is COc1cc(NCc2cccc3c2OCCO3)ccc1NC(C)=O. The predicted molar refractivity (Wildman–Crippen MR) is 92.1 cm³/mol. The average Bonchev–Trinajstić information content (AvgIpc) is 2.60. The molecule has 6 heteroatoms. The molecule has 0 bridgehead atoms. The highest BCUT2D eigenvalue weighted by atomic mass is 16.6. The monoisotopic (exact) mass is 328 g/mol. The van der Waals surface area contributed by atoms with Crippen molar-refractivity contribution in [2.75, 3.05) is 31.0 Å². The topological polar surface area (TPSA) is 68.8 Å². The van der Waals surface area contributed by atoms with Crippen LogP contribution in [0.3, 0.4) is 0 Å². The normalized spacial score (nSPS) is 12.4. The maximum Gasteiger partial charge on any atom is 0.221 e. The zero-order valence-corrected chi connectivity index (χ0v) is 13.7. The maximum atomic E-state index is 11.2. The van der Waals surface area contributed by atoms with Gasteiger partial charge >= 0.3 is 0 Å². The van der Waals surface area contributed by atoms with Gasteiger partial charge in [-0.25, -0.2) is 0 Å². The summed E-state index contributed by atoms with van der Waals surface area (Å²) >= 11 is 0. The van der Waals surface area contributed by atoms with Gasteiger partial charge in [-0.2, -0.15) is 0 Å². The molecule has 3 rings (SSSR count). The van der Waals surface area contributed by atoms with Crippen LogP contribution < -0.4 is 24.8 Å². The quantitative estimate of drug-likeness (QED) is 0.883. The number of ether oxygens (including phenoxy) is 3. The first kappa shape index (κ1) is 16.0. The van der Waals surface area contributed by atoms with E-state index in [4.69, 9.17) is 14.2 Å². The average molecular weight is 328 g/mol. The second kappa shape index (κ2) is 7.12. The molecule has 0 radical (unpaired) electrons. The Morgan fingerprint density at radius 3 is 2.83 bits per heavy atom. The van der Waals surface area contributed by atoms with Gasteiger partial charge in [0.1, 0.15) is 19.0 Å². The van der Waals surface area contributed by atoms with Gasteiger partial charge in [-0.05, 0) is 18.2 Å². The molecule has 0 fully saturated rings. The van der Waals surface area contributed by atoms with Crippen LogP contribution in [0.25, 0.3) is 0 Å². The van der Waals surface area contributed by atoms with E-state index < -0.39 is 0 Å². The molecule has 2 N–H and O–H groups in total. The van der Waals surface area contributed by atoms with Gasteiger partial charge in [0.05, 0.1) is 12.8 Å². The van der Waals surface area contributed by atoms with Gasteiger partial charge in [-0.15, -0.1) is 0 Å². The lowest BCUT2D eigenvalue weighted by atomic mass is 10.1. The number of rotatable bonds is 5. The molecule has 0 atom stereocenters. The number of hydrogen-bond acceptors (Lipinski definition) is 5. The number of carbonyl (C=O) groups excluding carboxylic acids is 1. The van der Waals surface area contributed by atoms with Gasteiger partial charge in [0.25, 0.3) is 0 Å². The van der Waals surface area contributed by atoms with Crippen molar-refractivity contribution in [2.24, 2.45) is 0 Å². The second-order valence-corrected chi connectivity index (χ2v) is 5.39. The van der Waals surface area contributed by atoms with Crippen LogP contribution in [0.4, 0.5) is 11.4 Å². The minimum absolute atomic E-state index is 0.137. The molecule has 1 amide bonds. The smallest absolute Gasteiger partial charge is 0.221 e. The first-order valence-corrected chi connectivity index (χ1v) is 7.74. The summed E-state index contributed by atoms with van der Waals surface area (Å²) < 4.78 is 16.6. The Morgan fingerprint density at radius 2 is 2.04 bits per heavy atom. The number of anilines is 2. The summed E-state index contributed by atoms with van der Waals surface area (Å²) in [7, 11) is 1.57. The summed E-state index contributed by atoms with van der Waals surface area (Å²) in [4.78, 5) is 11.2. The summed E-state index contributed by atoms with van der Waals surface area (Å²) in [6.07, 6.45) is 0. The van der Waals surface area contributed by atoms with E-state index in [2.05, 4.69) is 10.6 Å². The Balaban J connectivity index is 1.74. The molecule has 0 unspecified atom stereocenters. The largest absolute Gasteiger partial charge is 0.494 e. The van der Waals surface area contributed by atoms with Gasteiger partial charge in [0.15, 0.2) is 11.5 Å². The van der Waals surface area contributed by atoms with Crippen molar-refractivity contribution in [3.05, 3.63) is 42.0 Å². The third-order valence-electron chi connectivity index (χ3n) is 3.64. The lowest BCUT2D eigenvalue weighted by Gasteiger charge is -2.21. The van der Waals surface area contributed by atoms with E-state index in [0.717, 1.165) is 22.7 Å². The van der Waals surface area contributed by atoms with E-state index in [-0.39, 0.29) is 5.91 Å². The van der Waals surface area contributed by atoms with Crippen molar-refractivity contribution >= 4 is 17.3 Å². The first-order valence-electron chi connectivity index (χ1n) is 7.74. The Kier molecular flexibility index (Phi) is 4.74. The van der Waals surface area contributed by atoms with Crippen molar-refractivity contribution in [3.63, 3.8) is 0 Å². The standard InChI is InChI=1S/C18H20N2O4/c1-12(21)20-15-7-6-14(10-17(15)22-2)19-11-13-4-3-5-16-18(13)24-9-8-23-16/h3-7,10,19H,8-9,11H2,1-2H3,(H,20,21). The molecule has 0 saturated carbocycles. The minimum atomic E-state index is -0.137. The molecular formula is C18H20N2O4. The molecule has 126 valence electrons. The van der Waals surface area contributed by atoms with E-state index in [1.54, 1.807) is 7.11 Å². The number of carbonyl (C=O) groups is 1. The summed E-state index contributed by atoms with van der Waals surface area (Å²) in [6, 6.07) is 11.4. The molecule has 0 spiro atoms. The number of nitrogens with one attached hydrogen (secondary N) is 2. The highest BCUT2D eigenvalue weighted by Gasteiger charge is 2.15. The van der Waals surface area contributed by atoms with Crippen LogP contribution in [-0.2, 0) is 11.3 Å². The van der Waals surface area contributed by atoms with Crippen LogP contribution in [0, 0.1) is 0 Å². The van der Waals surface area contributed by atoms with Gasteiger partial charge in [-0.3, -0.25) is 4.79 Å². The van der Waals surface area contributed by atoms with E-state index in [1.165, 1.54) is 6.92 Å². The van der Waals surface area contributed by atoms with Crippen LogP contribution >= 0.6 is 0 Å². The van der Waals surface area contributed by atoms with Gasteiger partial charge in [0, 0.05) is 30.8 Å². The molecule has 2 aromatic carbocycles. The molecule has 0 saturated heterocycles. The van der Waals surface area contributed by atoms with Crippen molar-refractivity contribution in [1.29, 1.82) is 0 Å². The summed E-state index contributed by atoms with van der Waals surface area (Å²) in [5.74, 6) is 2.03. The molecule has 24 heavy (non-hydrogen) atoms. The lowest BCUT2D eigenvalue weighted by Crippen LogP contribution is -2.17. The van der Waals surface area contributed by atoms with Gasteiger partial charge in [-0.1, -0.05) is 12.1 Å². The molecule has 1 aliphatic heterocycles. The highest BCUT2D eigenvalue weighted by molar-refractivity contribution is 5.90. The molecule has 0 aliphatic carbocycles. The van der Waals surface area contributed by atoms with Crippen molar-refractivity contribution < 1.29 is 19.0 Å². The Labute approximate surface area is 140 Å². The fraction of sp³-hybridized carbons (Fsp3) is 0.278. The Morgan fingerprint density at radius 1 is 1.21 bits per heavy atom. The number of benzene rings is 2. The van der Waals surface area contributed by atoms with Crippen LogP contribution in [-0.4, -0.2) is 26.2 Å². The summed E-state index contributed by atoms with van der Waals surface area (Å²) in [5.41, 5.74) is 2.55. The number of methoxy groups -OCH3 is 1. The fourth-order valence-electron chi connectivity index (χ4n) is 2.56. The summed E-state index contributed by atoms with van der Waals surface area (Å²) in [5, 5.41) is 6.08. The van der Waals surface area contributed by atoms with Crippen molar-refractivity contribution in [1.82, 2.24) is 0 Å². The molecule has 1 aliphatic rings. The third-order valence-corrected chi connectivity index (χ3v) is 3.64. The van der Waals surface area contributed by atoms with E-state index in [0.29, 0.717) is 31.2 Å². The fourth-order valence-corrected chi connectivity index (χ4v) is 2.56.